The van der Waals surface area contributed by atoms with E-state index in [1.807, 2.05) is 6.26 Å². The van der Waals surface area contributed by atoms with Crippen molar-refractivity contribution < 1.29 is 9.72 Å². The highest BCUT2D eigenvalue weighted by Gasteiger charge is 2.28. The first-order valence-electron chi connectivity index (χ1n) is 6.30. The molecule has 1 aromatic carbocycles. The summed E-state index contributed by atoms with van der Waals surface area (Å²) in [5.41, 5.74) is 0.165. The second kappa shape index (κ2) is 6.45. The molecule has 1 aliphatic rings. The van der Waals surface area contributed by atoms with Crippen LogP contribution in [-0.2, 0) is 0 Å². The van der Waals surface area contributed by atoms with E-state index in [-0.39, 0.29) is 22.7 Å². The molecule has 1 fully saturated rings. The number of nitrogens with zero attached hydrogens (tertiary/aromatic N) is 1. The number of hydrogen-bond donors (Lipinski definition) is 1. The zero-order valence-electron chi connectivity index (χ0n) is 11.0. The molecule has 7 heteroatoms. The van der Waals surface area contributed by atoms with Crippen molar-refractivity contribution in [1.29, 1.82) is 0 Å². The third-order valence-corrected chi connectivity index (χ3v) is 4.95. The number of halogens is 1. The Morgan fingerprint density at radius 1 is 1.50 bits per heavy atom. The number of benzene rings is 1. The number of hydrogen-bond acceptors (Lipinski definition) is 4. The van der Waals surface area contributed by atoms with Crippen LogP contribution >= 0.6 is 23.4 Å². The Labute approximate surface area is 126 Å². The molecule has 0 bridgehead atoms. The first kappa shape index (κ1) is 15.1. The Hall–Kier alpha value is -1.27. The smallest absolute Gasteiger partial charge is 0.287 e. The number of carbonyl (C=O) groups is 1. The third-order valence-electron chi connectivity index (χ3n) is 3.48. The minimum absolute atomic E-state index is 0.0181. The monoisotopic (exact) mass is 314 g/mol. The van der Waals surface area contributed by atoms with Gasteiger partial charge in [-0.05, 0) is 31.2 Å². The van der Waals surface area contributed by atoms with Crippen LogP contribution in [0.25, 0.3) is 0 Å². The Kier molecular flexibility index (Phi) is 4.88. The predicted octanol–water partition coefficient (Wildman–Crippen LogP) is 3.26. The molecule has 2 atom stereocenters. The Balaban J connectivity index is 2.10. The van der Waals surface area contributed by atoms with Gasteiger partial charge in [-0.25, -0.2) is 0 Å². The summed E-state index contributed by atoms with van der Waals surface area (Å²) < 4.78 is 0. The average molecular weight is 315 g/mol. The minimum atomic E-state index is -0.565. The lowest BCUT2D eigenvalue weighted by molar-refractivity contribution is -0.384. The van der Waals surface area contributed by atoms with Crippen molar-refractivity contribution in [3.05, 3.63) is 38.9 Å². The summed E-state index contributed by atoms with van der Waals surface area (Å²) >= 11 is 7.57. The number of carbonyl (C=O) groups excluding carboxylic acids is 1. The van der Waals surface area contributed by atoms with Crippen molar-refractivity contribution in [3.63, 3.8) is 0 Å². The van der Waals surface area contributed by atoms with E-state index in [0.29, 0.717) is 10.8 Å². The van der Waals surface area contributed by atoms with Gasteiger partial charge in [0.25, 0.3) is 11.6 Å². The van der Waals surface area contributed by atoms with Crippen LogP contribution in [0.15, 0.2) is 18.2 Å². The van der Waals surface area contributed by atoms with E-state index < -0.39 is 4.92 Å². The van der Waals surface area contributed by atoms with Gasteiger partial charge in [0.15, 0.2) is 0 Å². The molecular formula is C13H15ClN2O3S. The maximum absolute atomic E-state index is 12.1. The van der Waals surface area contributed by atoms with E-state index in [0.717, 1.165) is 19.3 Å². The molecule has 0 radical (unpaired) electrons. The number of nitro benzene ring substituents is 1. The van der Waals surface area contributed by atoms with Gasteiger partial charge in [-0.3, -0.25) is 14.9 Å². The average Bonchev–Trinajstić information content (AvgIpc) is 2.85. The summed E-state index contributed by atoms with van der Waals surface area (Å²) in [7, 11) is 0. The summed E-state index contributed by atoms with van der Waals surface area (Å²) in [5.74, 6) is -0.229. The summed E-state index contributed by atoms with van der Waals surface area (Å²) in [6, 6.07) is 4.20. The lowest BCUT2D eigenvalue weighted by atomic mass is 10.1. The van der Waals surface area contributed by atoms with Crippen LogP contribution in [0, 0.1) is 10.1 Å². The normalized spacial score (nSPS) is 21.7. The van der Waals surface area contributed by atoms with E-state index in [2.05, 4.69) is 5.32 Å². The fraction of sp³-hybridized carbons (Fsp3) is 0.462. The van der Waals surface area contributed by atoms with Crippen molar-refractivity contribution in [2.24, 2.45) is 0 Å². The Morgan fingerprint density at radius 3 is 2.85 bits per heavy atom. The van der Waals surface area contributed by atoms with E-state index in [1.165, 1.54) is 18.2 Å². The van der Waals surface area contributed by atoms with Gasteiger partial charge in [-0.1, -0.05) is 18.0 Å². The number of nitrogens with one attached hydrogen (secondary N) is 1. The second-order valence-corrected chi connectivity index (χ2v) is 6.19. The fourth-order valence-electron chi connectivity index (χ4n) is 2.42. The van der Waals surface area contributed by atoms with Crippen molar-refractivity contribution >= 4 is 35.0 Å². The highest BCUT2D eigenvalue weighted by molar-refractivity contribution is 7.99. The predicted molar refractivity (Wildman–Crippen MR) is 80.5 cm³/mol. The molecule has 1 aliphatic carbocycles. The van der Waals surface area contributed by atoms with Crippen LogP contribution < -0.4 is 5.32 Å². The summed E-state index contributed by atoms with van der Waals surface area (Å²) in [4.78, 5) is 22.3. The van der Waals surface area contributed by atoms with Gasteiger partial charge >= 0.3 is 0 Å². The number of thioether (sulfide) groups is 1. The molecule has 5 nitrogen and oxygen atoms in total. The molecule has 1 amide bonds. The molecule has 2 unspecified atom stereocenters. The Bertz CT molecular complexity index is 538. The molecule has 0 spiro atoms. The standard InChI is InChI=1S/C13H15ClN2O3S/c1-20-12-4-2-3-10(12)15-13(17)8-5-6-11(16(18)19)9(14)7-8/h5-7,10,12H,2-4H2,1H3,(H,15,17). The minimum Gasteiger partial charge on any atom is -0.348 e. The van der Waals surface area contributed by atoms with Crippen LogP contribution in [0.3, 0.4) is 0 Å². The summed E-state index contributed by atoms with van der Waals surface area (Å²) in [6.07, 6.45) is 5.22. The highest BCUT2D eigenvalue weighted by Crippen LogP contribution is 2.29. The molecular weight excluding hydrogens is 300 g/mol. The largest absolute Gasteiger partial charge is 0.348 e. The maximum Gasteiger partial charge on any atom is 0.287 e. The molecule has 108 valence electrons. The van der Waals surface area contributed by atoms with Gasteiger partial charge in [-0.2, -0.15) is 11.8 Å². The Morgan fingerprint density at radius 2 is 2.25 bits per heavy atom. The summed E-state index contributed by atoms with van der Waals surface area (Å²) in [5, 5.41) is 14.1. The van der Waals surface area contributed by atoms with Gasteiger partial charge in [0, 0.05) is 22.9 Å². The first-order chi connectivity index (χ1) is 9.52. The van der Waals surface area contributed by atoms with E-state index >= 15 is 0 Å². The number of amides is 1. The van der Waals surface area contributed by atoms with Crippen molar-refractivity contribution in [2.45, 2.75) is 30.6 Å². The zero-order valence-corrected chi connectivity index (χ0v) is 12.5. The van der Waals surface area contributed by atoms with Crippen LogP contribution in [0.2, 0.25) is 5.02 Å². The molecule has 0 saturated heterocycles. The lowest BCUT2D eigenvalue weighted by Crippen LogP contribution is -2.38. The molecule has 2 rings (SSSR count). The van der Waals surface area contributed by atoms with Gasteiger partial charge in [0.1, 0.15) is 5.02 Å². The molecule has 0 aromatic heterocycles. The quantitative estimate of drug-likeness (QED) is 0.684. The molecule has 1 N–H and O–H groups in total. The van der Waals surface area contributed by atoms with E-state index in [9.17, 15) is 14.9 Å². The fourth-order valence-corrected chi connectivity index (χ4v) is 3.61. The van der Waals surface area contributed by atoms with Crippen LogP contribution in [-0.4, -0.2) is 28.4 Å². The van der Waals surface area contributed by atoms with Gasteiger partial charge in [-0.15, -0.1) is 0 Å². The molecule has 1 saturated carbocycles. The summed E-state index contributed by atoms with van der Waals surface area (Å²) in [6.45, 7) is 0. The van der Waals surface area contributed by atoms with Crippen LogP contribution in [0.4, 0.5) is 5.69 Å². The topological polar surface area (TPSA) is 72.2 Å². The first-order valence-corrected chi connectivity index (χ1v) is 7.97. The highest BCUT2D eigenvalue weighted by atomic mass is 35.5. The molecule has 1 aromatic rings. The van der Waals surface area contributed by atoms with Gasteiger partial charge < -0.3 is 5.32 Å². The van der Waals surface area contributed by atoms with Gasteiger partial charge in [0.2, 0.25) is 0 Å². The maximum atomic E-state index is 12.1. The van der Waals surface area contributed by atoms with Crippen LogP contribution in [0.5, 0.6) is 0 Å². The molecule has 0 aliphatic heterocycles. The van der Waals surface area contributed by atoms with E-state index in [4.69, 9.17) is 11.6 Å². The van der Waals surface area contributed by atoms with Crippen LogP contribution in [0.1, 0.15) is 29.6 Å². The molecule has 0 heterocycles. The van der Waals surface area contributed by atoms with Crippen molar-refractivity contribution in [3.8, 4) is 0 Å². The number of nitro groups is 1. The van der Waals surface area contributed by atoms with E-state index in [1.54, 1.807) is 11.8 Å². The van der Waals surface area contributed by atoms with Gasteiger partial charge in [0.05, 0.1) is 4.92 Å². The van der Waals surface area contributed by atoms with Crippen molar-refractivity contribution in [1.82, 2.24) is 5.32 Å². The number of rotatable bonds is 4. The SMILES string of the molecule is CSC1CCCC1NC(=O)c1ccc([N+](=O)[O-])c(Cl)c1. The third kappa shape index (κ3) is 3.24. The lowest BCUT2D eigenvalue weighted by Gasteiger charge is -2.19. The zero-order chi connectivity index (χ0) is 14.7. The van der Waals surface area contributed by atoms with Crippen molar-refractivity contribution in [2.75, 3.05) is 6.26 Å². The second-order valence-electron chi connectivity index (χ2n) is 4.71. The molecule has 20 heavy (non-hydrogen) atoms.